The molecule has 0 bridgehead atoms. The van der Waals surface area contributed by atoms with Gasteiger partial charge in [-0.3, -0.25) is 14.5 Å². The van der Waals surface area contributed by atoms with Crippen molar-refractivity contribution >= 4 is 33.5 Å². The Balaban J connectivity index is 1.39. The molecule has 3 aliphatic heterocycles. The van der Waals surface area contributed by atoms with E-state index in [4.69, 9.17) is 10.5 Å². The van der Waals surface area contributed by atoms with E-state index >= 15 is 0 Å². The Morgan fingerprint density at radius 2 is 1.97 bits per heavy atom. The first kappa shape index (κ1) is 20.7. The average molecular weight is 464 g/mol. The first-order chi connectivity index (χ1) is 13.7. The number of carbonyl (C=O) groups is 2. The summed E-state index contributed by atoms with van der Waals surface area (Å²) in [5.74, 6) is -0.0246. The molecule has 1 aromatic carbocycles. The summed E-state index contributed by atoms with van der Waals surface area (Å²) in [6.07, 6.45) is 4.60. The lowest BCUT2D eigenvalue weighted by Gasteiger charge is -2.44. The molecule has 0 saturated carbocycles. The fourth-order valence-electron chi connectivity index (χ4n) is 5.39. The van der Waals surface area contributed by atoms with Gasteiger partial charge in [0.25, 0.3) is 5.91 Å². The van der Waals surface area contributed by atoms with E-state index in [2.05, 4.69) is 20.8 Å². The normalized spacial score (nSPS) is 28.0. The van der Waals surface area contributed by atoms with Gasteiger partial charge in [-0.2, -0.15) is 0 Å². The Kier molecular flexibility index (Phi) is 5.40. The number of anilines is 1. The number of ether oxygens (including phenoxy) is 1. The van der Waals surface area contributed by atoms with Gasteiger partial charge in [-0.25, -0.2) is 0 Å². The fourth-order valence-corrected chi connectivity index (χ4v) is 5.75. The maximum absolute atomic E-state index is 12.9. The van der Waals surface area contributed by atoms with Crippen molar-refractivity contribution in [2.24, 2.45) is 5.41 Å². The molecule has 4 rings (SSSR count). The van der Waals surface area contributed by atoms with Crippen LogP contribution in [0, 0.1) is 5.41 Å². The third-order valence-corrected chi connectivity index (χ3v) is 7.18. The number of piperidine rings is 2. The highest BCUT2D eigenvalue weighted by atomic mass is 79.9. The predicted molar refractivity (Wildman–Crippen MR) is 116 cm³/mol. The van der Waals surface area contributed by atoms with E-state index in [1.807, 2.05) is 24.8 Å². The Morgan fingerprint density at radius 3 is 2.62 bits per heavy atom. The Bertz CT molecular complexity index is 820. The summed E-state index contributed by atoms with van der Waals surface area (Å²) in [7, 11) is 0. The first-order valence-electron chi connectivity index (χ1n) is 10.5. The van der Waals surface area contributed by atoms with Crippen LogP contribution in [0.15, 0.2) is 22.7 Å². The lowest BCUT2D eigenvalue weighted by atomic mass is 9.74. The number of hydrogen-bond donors (Lipinski definition) is 1. The molecule has 7 heteroatoms. The summed E-state index contributed by atoms with van der Waals surface area (Å²) in [6.45, 7) is 7.26. The molecular formula is C22H30BrN3O3. The van der Waals surface area contributed by atoms with E-state index in [0.717, 1.165) is 62.8 Å². The summed E-state index contributed by atoms with van der Waals surface area (Å²) in [6, 6.07) is 5.82. The highest BCUT2D eigenvalue weighted by Gasteiger charge is 2.54. The molecule has 3 saturated heterocycles. The quantitative estimate of drug-likeness (QED) is 0.536. The largest absolute Gasteiger partial charge is 0.459 e. The summed E-state index contributed by atoms with van der Waals surface area (Å²) in [5.41, 5.74) is 6.39. The number of nitrogens with two attached hydrogens (primary N) is 1. The molecule has 1 atom stereocenters. The van der Waals surface area contributed by atoms with E-state index in [0.29, 0.717) is 17.3 Å². The molecule has 1 spiro atoms. The van der Waals surface area contributed by atoms with Crippen LogP contribution in [0.4, 0.5) is 5.69 Å². The zero-order valence-corrected chi connectivity index (χ0v) is 18.8. The molecule has 6 nitrogen and oxygen atoms in total. The number of nitrogens with zero attached hydrogens (tertiary/aromatic N) is 2. The van der Waals surface area contributed by atoms with Crippen LogP contribution in [0.1, 0.15) is 56.3 Å². The molecule has 0 aliphatic carbocycles. The fraction of sp³-hybridized carbons (Fsp3) is 0.636. The number of benzene rings is 1. The van der Waals surface area contributed by atoms with Gasteiger partial charge in [-0.15, -0.1) is 0 Å². The highest BCUT2D eigenvalue weighted by molar-refractivity contribution is 9.10. The van der Waals surface area contributed by atoms with E-state index in [1.54, 1.807) is 12.1 Å². The second-order valence-corrected chi connectivity index (χ2v) is 10.4. The summed E-state index contributed by atoms with van der Waals surface area (Å²) in [4.78, 5) is 29.9. The van der Waals surface area contributed by atoms with Crippen LogP contribution in [0.2, 0.25) is 0 Å². The highest BCUT2D eigenvalue weighted by Crippen LogP contribution is 2.46. The minimum absolute atomic E-state index is 0.00140. The van der Waals surface area contributed by atoms with Crippen LogP contribution >= 0.6 is 15.9 Å². The lowest BCUT2D eigenvalue weighted by Crippen LogP contribution is -2.53. The van der Waals surface area contributed by atoms with Gasteiger partial charge in [-0.1, -0.05) is 15.9 Å². The Hall–Kier alpha value is -1.60. The monoisotopic (exact) mass is 463 g/mol. The summed E-state index contributed by atoms with van der Waals surface area (Å²) in [5, 5.41) is 0. The zero-order valence-electron chi connectivity index (χ0n) is 17.2. The number of rotatable bonds is 2. The SMILES string of the molecule is CC1(C)CC2(CCCN(C3CCN(C(=O)c4cc(Br)ccc4N)CC3)C2)C(=O)O1. The van der Waals surface area contributed by atoms with Crippen LogP contribution < -0.4 is 5.73 Å². The number of esters is 1. The van der Waals surface area contributed by atoms with E-state index in [1.165, 1.54) is 0 Å². The number of nitrogen functional groups attached to an aromatic ring is 1. The van der Waals surface area contributed by atoms with Crippen LogP contribution in [-0.4, -0.2) is 59.5 Å². The Morgan fingerprint density at radius 1 is 1.24 bits per heavy atom. The predicted octanol–water partition coefficient (Wildman–Crippen LogP) is 3.44. The van der Waals surface area contributed by atoms with Crippen molar-refractivity contribution in [3.63, 3.8) is 0 Å². The second kappa shape index (κ2) is 7.58. The zero-order chi connectivity index (χ0) is 20.8. The third-order valence-electron chi connectivity index (χ3n) is 6.69. The molecule has 1 unspecified atom stereocenters. The van der Waals surface area contributed by atoms with Crippen LogP contribution in [0.3, 0.4) is 0 Å². The molecule has 0 aromatic heterocycles. The molecule has 1 aromatic rings. The lowest BCUT2D eigenvalue weighted by molar-refractivity contribution is -0.154. The average Bonchev–Trinajstić information content (AvgIpc) is 2.90. The molecular weight excluding hydrogens is 434 g/mol. The standard InChI is InChI=1S/C22H30BrN3O3/c1-21(2)13-22(20(28)29-21)8-3-9-26(14-22)16-6-10-25(11-7-16)19(27)17-12-15(23)4-5-18(17)24/h4-5,12,16H,3,6-11,13-14,24H2,1-2H3. The maximum Gasteiger partial charge on any atom is 0.314 e. The van der Waals surface area contributed by atoms with E-state index in [9.17, 15) is 9.59 Å². The number of likely N-dealkylation sites (tertiary alicyclic amines) is 2. The van der Waals surface area contributed by atoms with Gasteiger partial charge in [0.15, 0.2) is 0 Å². The van der Waals surface area contributed by atoms with Crippen molar-refractivity contribution in [2.75, 3.05) is 31.9 Å². The maximum atomic E-state index is 12.9. The summed E-state index contributed by atoms with van der Waals surface area (Å²) < 4.78 is 6.52. The smallest absolute Gasteiger partial charge is 0.314 e. The molecule has 2 N–H and O–H groups in total. The molecule has 1 amide bonds. The number of hydrogen-bond acceptors (Lipinski definition) is 5. The molecule has 3 aliphatic rings. The van der Waals surface area contributed by atoms with Gasteiger partial charge in [0.2, 0.25) is 0 Å². The molecule has 158 valence electrons. The second-order valence-electron chi connectivity index (χ2n) is 9.44. The number of carbonyl (C=O) groups excluding carboxylic acids is 2. The molecule has 3 fully saturated rings. The first-order valence-corrected chi connectivity index (χ1v) is 11.3. The van der Waals surface area contributed by atoms with Crippen LogP contribution in [0.5, 0.6) is 0 Å². The van der Waals surface area contributed by atoms with Crippen molar-refractivity contribution in [3.8, 4) is 0 Å². The third kappa shape index (κ3) is 4.04. The van der Waals surface area contributed by atoms with Gasteiger partial charge >= 0.3 is 5.97 Å². The summed E-state index contributed by atoms with van der Waals surface area (Å²) >= 11 is 3.42. The van der Waals surface area contributed by atoms with Gasteiger partial charge in [0.1, 0.15) is 5.60 Å². The Labute approximate surface area is 180 Å². The number of cyclic esters (lactones) is 1. The van der Waals surface area contributed by atoms with Gasteiger partial charge in [0, 0.05) is 42.3 Å². The molecule has 3 heterocycles. The van der Waals surface area contributed by atoms with E-state index in [-0.39, 0.29) is 22.9 Å². The topological polar surface area (TPSA) is 75.9 Å². The van der Waals surface area contributed by atoms with Gasteiger partial charge in [0.05, 0.1) is 11.0 Å². The molecule has 29 heavy (non-hydrogen) atoms. The van der Waals surface area contributed by atoms with E-state index < -0.39 is 0 Å². The van der Waals surface area contributed by atoms with Crippen molar-refractivity contribution in [1.29, 1.82) is 0 Å². The van der Waals surface area contributed by atoms with Gasteiger partial charge in [-0.05, 0) is 64.3 Å². The van der Waals surface area contributed by atoms with Gasteiger partial charge < -0.3 is 15.4 Å². The van der Waals surface area contributed by atoms with Crippen LogP contribution in [0.25, 0.3) is 0 Å². The van der Waals surface area contributed by atoms with Crippen molar-refractivity contribution in [2.45, 2.75) is 57.6 Å². The minimum Gasteiger partial charge on any atom is -0.459 e. The van der Waals surface area contributed by atoms with Crippen molar-refractivity contribution < 1.29 is 14.3 Å². The van der Waals surface area contributed by atoms with Crippen molar-refractivity contribution in [1.82, 2.24) is 9.80 Å². The van der Waals surface area contributed by atoms with Crippen LogP contribution in [-0.2, 0) is 9.53 Å². The molecule has 0 radical (unpaired) electrons. The minimum atomic E-state index is -0.361. The van der Waals surface area contributed by atoms with Crippen molar-refractivity contribution in [3.05, 3.63) is 28.2 Å². The number of halogens is 1. The number of amides is 1.